The Bertz CT molecular complexity index is 661. The van der Waals surface area contributed by atoms with Gasteiger partial charge in [-0.15, -0.1) is 0 Å². The lowest BCUT2D eigenvalue weighted by atomic mass is 9.92. The van der Waals surface area contributed by atoms with Gasteiger partial charge in [-0.2, -0.15) is 0 Å². The van der Waals surface area contributed by atoms with E-state index in [2.05, 4.69) is 5.32 Å². The summed E-state index contributed by atoms with van der Waals surface area (Å²) >= 11 is 0. The van der Waals surface area contributed by atoms with E-state index in [1.807, 2.05) is 0 Å². The Kier molecular flexibility index (Phi) is 4.36. The highest BCUT2D eigenvalue weighted by atomic mass is 16.5. The van der Waals surface area contributed by atoms with Crippen LogP contribution < -0.4 is 20.5 Å². The lowest BCUT2D eigenvalue weighted by Gasteiger charge is -2.42. The van der Waals surface area contributed by atoms with Gasteiger partial charge in [0.05, 0.1) is 31.8 Å². The second kappa shape index (κ2) is 6.32. The van der Waals surface area contributed by atoms with E-state index in [4.69, 9.17) is 15.2 Å². The van der Waals surface area contributed by atoms with Crippen LogP contribution in [-0.2, 0) is 4.79 Å². The smallest absolute Gasteiger partial charge is 0.255 e. The van der Waals surface area contributed by atoms with Gasteiger partial charge in [0, 0.05) is 6.54 Å². The fourth-order valence-electron chi connectivity index (χ4n) is 3.31. The fraction of sp³-hybridized carbons (Fsp3) is 0.529. The minimum absolute atomic E-state index is 0.0943. The summed E-state index contributed by atoms with van der Waals surface area (Å²) in [5.74, 6) is 0.821. The molecular weight excluding hydrogens is 310 g/mol. The zero-order valence-electron chi connectivity index (χ0n) is 14.0. The molecule has 0 radical (unpaired) electrons. The number of methoxy groups -OCH3 is 1. The number of nitrogens with one attached hydrogen (secondary N) is 1. The second-order valence-electron chi connectivity index (χ2n) is 6.48. The van der Waals surface area contributed by atoms with Crippen LogP contribution >= 0.6 is 0 Å². The maximum Gasteiger partial charge on any atom is 0.255 e. The molecule has 3 rings (SSSR count). The quantitative estimate of drug-likeness (QED) is 0.823. The van der Waals surface area contributed by atoms with Crippen molar-refractivity contribution in [1.29, 1.82) is 0 Å². The topological polar surface area (TPSA) is 93.9 Å². The molecule has 1 spiro atoms. The molecule has 3 N–H and O–H groups in total. The monoisotopic (exact) mass is 333 g/mol. The molecule has 1 fully saturated rings. The molecule has 2 aliphatic rings. The molecule has 2 amide bonds. The molecule has 7 heteroatoms. The summed E-state index contributed by atoms with van der Waals surface area (Å²) in [5, 5.41) is 2.91. The van der Waals surface area contributed by atoms with Gasteiger partial charge in [0.25, 0.3) is 5.91 Å². The zero-order valence-corrected chi connectivity index (χ0v) is 14.0. The average molecular weight is 333 g/mol. The van der Waals surface area contributed by atoms with Crippen molar-refractivity contribution in [1.82, 2.24) is 10.2 Å². The third-order valence-corrected chi connectivity index (χ3v) is 4.57. The molecule has 24 heavy (non-hydrogen) atoms. The van der Waals surface area contributed by atoms with Gasteiger partial charge < -0.3 is 25.4 Å². The van der Waals surface area contributed by atoms with Crippen LogP contribution in [0.2, 0.25) is 0 Å². The van der Waals surface area contributed by atoms with Gasteiger partial charge in [-0.05, 0) is 38.0 Å². The van der Waals surface area contributed by atoms with E-state index in [9.17, 15) is 9.59 Å². The Balaban J connectivity index is 1.89. The van der Waals surface area contributed by atoms with Crippen LogP contribution in [0.4, 0.5) is 0 Å². The summed E-state index contributed by atoms with van der Waals surface area (Å²) in [6, 6.07) is 4.63. The summed E-state index contributed by atoms with van der Waals surface area (Å²) in [6.07, 6.45) is 1.57. The molecule has 2 aliphatic heterocycles. The van der Waals surface area contributed by atoms with Crippen LogP contribution in [0.25, 0.3) is 0 Å². The molecule has 130 valence electrons. The number of likely N-dealkylation sites (tertiary alicyclic amines) is 1. The molecule has 0 unspecified atom stereocenters. The lowest BCUT2D eigenvalue weighted by Crippen LogP contribution is -2.59. The van der Waals surface area contributed by atoms with Crippen molar-refractivity contribution in [2.75, 3.05) is 26.7 Å². The fourth-order valence-corrected chi connectivity index (χ4v) is 3.31. The Morgan fingerprint density at radius 2 is 2.29 bits per heavy atom. The van der Waals surface area contributed by atoms with Crippen LogP contribution in [0, 0.1) is 0 Å². The number of carbonyl (C=O) groups excluding carboxylic acids is 2. The van der Waals surface area contributed by atoms with Crippen molar-refractivity contribution >= 4 is 11.8 Å². The van der Waals surface area contributed by atoms with Crippen molar-refractivity contribution in [2.24, 2.45) is 5.73 Å². The number of piperidine rings is 1. The van der Waals surface area contributed by atoms with E-state index in [1.54, 1.807) is 37.1 Å². The Morgan fingerprint density at radius 1 is 1.50 bits per heavy atom. The predicted octanol–water partition coefficient (Wildman–Crippen LogP) is 0.526. The van der Waals surface area contributed by atoms with Crippen LogP contribution in [0.1, 0.15) is 30.1 Å². The van der Waals surface area contributed by atoms with Crippen LogP contribution in [0.3, 0.4) is 0 Å². The number of ether oxygens (including phenoxy) is 2. The Labute approximate surface area is 141 Å². The third-order valence-electron chi connectivity index (χ3n) is 4.57. The third kappa shape index (κ3) is 3.03. The minimum atomic E-state index is -0.627. The lowest BCUT2D eigenvalue weighted by molar-refractivity contribution is -0.137. The molecule has 7 nitrogen and oxygen atoms in total. The van der Waals surface area contributed by atoms with Gasteiger partial charge in [0.2, 0.25) is 5.91 Å². The maximum absolute atomic E-state index is 12.4. The largest absolute Gasteiger partial charge is 0.497 e. The molecule has 1 saturated heterocycles. The molecular formula is C17H23N3O4. The van der Waals surface area contributed by atoms with E-state index in [0.717, 1.165) is 12.8 Å². The normalized spacial score (nSPS) is 24.5. The van der Waals surface area contributed by atoms with Gasteiger partial charge in [-0.1, -0.05) is 0 Å². The van der Waals surface area contributed by atoms with Crippen molar-refractivity contribution in [3.63, 3.8) is 0 Å². The number of amides is 2. The van der Waals surface area contributed by atoms with Gasteiger partial charge in [-0.3, -0.25) is 9.59 Å². The molecule has 1 aromatic carbocycles. The molecule has 0 aromatic heterocycles. The highest BCUT2D eigenvalue weighted by Crippen LogP contribution is 2.34. The molecule has 2 atom stereocenters. The van der Waals surface area contributed by atoms with Crippen molar-refractivity contribution < 1.29 is 19.1 Å². The predicted molar refractivity (Wildman–Crippen MR) is 88.1 cm³/mol. The first kappa shape index (κ1) is 16.6. The summed E-state index contributed by atoms with van der Waals surface area (Å²) < 4.78 is 11.4. The standard InChI is InChI=1S/C17H23N3O4/c1-11(18)16(22)20-7-3-6-17(10-20)9-19-15(21)13-8-12(23-2)4-5-14(13)24-17/h4-5,8,11H,3,6-7,9-10,18H2,1-2H3,(H,19,21)/t11-,17+/m1/s1. The number of benzene rings is 1. The molecule has 0 saturated carbocycles. The number of nitrogens with zero attached hydrogens (tertiary/aromatic N) is 1. The number of carbonyl (C=O) groups is 2. The SMILES string of the molecule is COc1ccc2c(c1)C(=O)NC[C@]1(CCCN(C(=O)[C@@H](C)N)C1)O2. The Hall–Kier alpha value is -2.28. The number of hydrogen-bond acceptors (Lipinski definition) is 5. The van der Waals surface area contributed by atoms with Gasteiger partial charge in [0.15, 0.2) is 0 Å². The zero-order chi connectivity index (χ0) is 17.3. The maximum atomic E-state index is 12.4. The summed E-state index contributed by atoms with van der Waals surface area (Å²) in [7, 11) is 1.55. The van der Waals surface area contributed by atoms with E-state index in [0.29, 0.717) is 36.7 Å². The van der Waals surface area contributed by atoms with E-state index >= 15 is 0 Å². The van der Waals surface area contributed by atoms with Crippen molar-refractivity contribution in [2.45, 2.75) is 31.4 Å². The minimum Gasteiger partial charge on any atom is -0.497 e. The summed E-state index contributed by atoms with van der Waals surface area (Å²) in [4.78, 5) is 26.4. The molecule has 0 bridgehead atoms. The number of fused-ring (bicyclic) bond motifs is 1. The average Bonchev–Trinajstić information content (AvgIpc) is 2.71. The number of rotatable bonds is 2. The molecule has 1 aromatic rings. The number of hydrogen-bond donors (Lipinski definition) is 2. The van der Waals surface area contributed by atoms with Gasteiger partial charge >= 0.3 is 0 Å². The van der Waals surface area contributed by atoms with Crippen LogP contribution in [-0.4, -0.2) is 55.1 Å². The molecule has 0 aliphatic carbocycles. The Morgan fingerprint density at radius 3 is 3.00 bits per heavy atom. The van der Waals surface area contributed by atoms with Crippen molar-refractivity contribution in [3.8, 4) is 11.5 Å². The summed E-state index contributed by atoms with van der Waals surface area (Å²) in [6.45, 7) is 3.11. The van der Waals surface area contributed by atoms with Gasteiger partial charge in [-0.25, -0.2) is 0 Å². The first-order valence-electron chi connectivity index (χ1n) is 8.14. The van der Waals surface area contributed by atoms with E-state index < -0.39 is 11.6 Å². The first-order chi connectivity index (χ1) is 11.4. The molecule has 2 heterocycles. The number of nitrogens with two attached hydrogens (primary N) is 1. The first-order valence-corrected chi connectivity index (χ1v) is 8.14. The van der Waals surface area contributed by atoms with Gasteiger partial charge in [0.1, 0.15) is 17.1 Å². The summed E-state index contributed by atoms with van der Waals surface area (Å²) in [5.41, 5.74) is 5.55. The van der Waals surface area contributed by atoms with Crippen molar-refractivity contribution in [3.05, 3.63) is 23.8 Å². The second-order valence-corrected chi connectivity index (χ2v) is 6.48. The van der Waals surface area contributed by atoms with E-state index in [1.165, 1.54) is 0 Å². The van der Waals surface area contributed by atoms with Crippen LogP contribution in [0.5, 0.6) is 11.5 Å². The van der Waals surface area contributed by atoms with E-state index in [-0.39, 0.29) is 11.8 Å². The highest BCUT2D eigenvalue weighted by Gasteiger charge is 2.42. The highest BCUT2D eigenvalue weighted by molar-refractivity contribution is 5.97. The van der Waals surface area contributed by atoms with Crippen LogP contribution in [0.15, 0.2) is 18.2 Å².